The van der Waals surface area contributed by atoms with Crippen LogP contribution in [-0.2, 0) is 11.5 Å². The molecule has 1 heterocycles. The molecule has 0 saturated heterocycles. The molecule has 6 heteroatoms. The summed E-state index contributed by atoms with van der Waals surface area (Å²) in [4.78, 5) is 1.21. The molecule has 1 aromatic heterocycles. The van der Waals surface area contributed by atoms with Crippen molar-refractivity contribution in [1.82, 2.24) is 14.8 Å². The molecule has 0 saturated carbocycles. The summed E-state index contributed by atoms with van der Waals surface area (Å²) < 4.78 is 15.3. The third-order valence-electron chi connectivity index (χ3n) is 4.38. The number of benzene rings is 3. The Labute approximate surface area is 178 Å². The fourth-order valence-electron chi connectivity index (χ4n) is 2.83. The van der Waals surface area contributed by atoms with E-state index >= 15 is 0 Å². The van der Waals surface area contributed by atoms with Crippen LogP contribution >= 0.6 is 23.5 Å². The molecule has 3 aromatic carbocycles. The summed E-state index contributed by atoms with van der Waals surface area (Å²) in [6, 6.07) is 25.2. The molecule has 4 aromatic rings. The summed E-state index contributed by atoms with van der Waals surface area (Å²) in [6.45, 7) is 2.09. The Bertz CT molecular complexity index is 995. The van der Waals surface area contributed by atoms with E-state index in [2.05, 4.69) is 58.1 Å². The molecule has 4 rings (SSSR count). The highest BCUT2D eigenvalue weighted by atomic mass is 32.2. The predicted octanol–water partition coefficient (Wildman–Crippen LogP) is 6.30. The first-order valence-electron chi connectivity index (χ1n) is 9.25. The molecule has 0 bridgehead atoms. The molecule has 29 heavy (non-hydrogen) atoms. The lowest BCUT2D eigenvalue weighted by Gasteiger charge is -2.10. The van der Waals surface area contributed by atoms with E-state index in [0.29, 0.717) is 5.75 Å². The number of aryl methyl sites for hydroxylation is 1. The summed E-state index contributed by atoms with van der Waals surface area (Å²) in [6.07, 6.45) is 0. The Morgan fingerprint density at radius 1 is 0.793 bits per heavy atom. The van der Waals surface area contributed by atoms with Crippen molar-refractivity contribution in [3.8, 4) is 5.69 Å². The summed E-state index contributed by atoms with van der Waals surface area (Å²) in [5.41, 5.74) is 3.34. The molecule has 0 N–H and O–H groups in total. The van der Waals surface area contributed by atoms with Gasteiger partial charge < -0.3 is 0 Å². The first kappa shape index (κ1) is 19.7. The minimum Gasteiger partial charge on any atom is -0.273 e. The second-order valence-corrected chi connectivity index (χ2v) is 8.58. The van der Waals surface area contributed by atoms with Gasteiger partial charge >= 0.3 is 0 Å². The molecule has 0 atom stereocenters. The summed E-state index contributed by atoms with van der Waals surface area (Å²) in [7, 11) is 0. The van der Waals surface area contributed by atoms with Crippen LogP contribution in [0.15, 0.2) is 88.9 Å². The molecule has 0 amide bonds. The van der Waals surface area contributed by atoms with Gasteiger partial charge in [-0.1, -0.05) is 59.8 Å². The summed E-state index contributed by atoms with van der Waals surface area (Å²) in [5, 5.41) is 9.74. The van der Waals surface area contributed by atoms with Crippen LogP contribution < -0.4 is 0 Å². The van der Waals surface area contributed by atoms with Gasteiger partial charge in [-0.15, -0.1) is 22.0 Å². The van der Waals surface area contributed by atoms with Crippen molar-refractivity contribution in [2.75, 3.05) is 0 Å². The van der Waals surface area contributed by atoms with Crippen molar-refractivity contribution in [3.05, 3.63) is 102 Å². The van der Waals surface area contributed by atoms with Crippen LogP contribution in [0.4, 0.5) is 4.39 Å². The van der Waals surface area contributed by atoms with E-state index in [4.69, 9.17) is 0 Å². The maximum Gasteiger partial charge on any atom is 0.196 e. The van der Waals surface area contributed by atoms with Gasteiger partial charge in [0.1, 0.15) is 11.6 Å². The quantitative estimate of drug-likeness (QED) is 0.328. The van der Waals surface area contributed by atoms with E-state index in [1.165, 1.54) is 22.6 Å². The fourth-order valence-corrected chi connectivity index (χ4v) is 4.57. The summed E-state index contributed by atoms with van der Waals surface area (Å²) >= 11 is 3.35. The van der Waals surface area contributed by atoms with Crippen molar-refractivity contribution in [3.63, 3.8) is 0 Å². The van der Waals surface area contributed by atoms with Crippen LogP contribution in [0.5, 0.6) is 0 Å². The molecule has 0 unspecified atom stereocenters. The predicted molar refractivity (Wildman–Crippen MR) is 118 cm³/mol. The molecule has 0 aliphatic rings. The highest BCUT2D eigenvalue weighted by Gasteiger charge is 2.15. The van der Waals surface area contributed by atoms with Crippen molar-refractivity contribution in [2.24, 2.45) is 0 Å². The zero-order chi connectivity index (χ0) is 20.1. The van der Waals surface area contributed by atoms with Crippen molar-refractivity contribution in [1.29, 1.82) is 0 Å². The van der Waals surface area contributed by atoms with Gasteiger partial charge in [-0.2, -0.15) is 0 Å². The number of para-hydroxylation sites is 1. The molecule has 0 aliphatic carbocycles. The largest absolute Gasteiger partial charge is 0.273 e. The lowest BCUT2D eigenvalue weighted by Crippen LogP contribution is -2.01. The number of hydrogen-bond acceptors (Lipinski definition) is 4. The van der Waals surface area contributed by atoms with E-state index in [-0.39, 0.29) is 5.82 Å². The van der Waals surface area contributed by atoms with Gasteiger partial charge in [-0.3, -0.25) is 4.57 Å². The zero-order valence-electron chi connectivity index (χ0n) is 16.0. The lowest BCUT2D eigenvalue weighted by molar-refractivity contribution is 0.627. The van der Waals surface area contributed by atoms with Crippen LogP contribution in [0.1, 0.15) is 17.0 Å². The number of aromatic nitrogens is 3. The molecule has 0 fully saturated rings. The minimum absolute atomic E-state index is 0.221. The van der Waals surface area contributed by atoms with E-state index in [1.807, 2.05) is 18.2 Å². The van der Waals surface area contributed by atoms with Crippen molar-refractivity contribution in [2.45, 2.75) is 28.5 Å². The molecule has 3 nitrogen and oxygen atoms in total. The van der Waals surface area contributed by atoms with E-state index < -0.39 is 0 Å². The second-order valence-electron chi connectivity index (χ2n) is 6.59. The smallest absolute Gasteiger partial charge is 0.196 e. The van der Waals surface area contributed by atoms with Gasteiger partial charge in [0.05, 0.1) is 5.75 Å². The Kier molecular flexibility index (Phi) is 6.32. The molecule has 0 spiro atoms. The molecular formula is C23H20FN3S2. The number of nitrogens with zero attached hydrogens (tertiary/aromatic N) is 3. The van der Waals surface area contributed by atoms with Crippen LogP contribution in [0, 0.1) is 12.7 Å². The van der Waals surface area contributed by atoms with Gasteiger partial charge in [0.15, 0.2) is 5.16 Å². The van der Waals surface area contributed by atoms with Gasteiger partial charge in [0, 0.05) is 16.3 Å². The van der Waals surface area contributed by atoms with Crippen LogP contribution in [0.25, 0.3) is 5.69 Å². The normalized spacial score (nSPS) is 11.0. The van der Waals surface area contributed by atoms with Crippen LogP contribution in [0.2, 0.25) is 0 Å². The SMILES string of the molecule is Cc1ccc(SCc2nnc(SCc3ccc(F)cc3)n2-c2ccccc2)cc1. The standard InChI is InChI=1S/C23H20FN3S2/c1-17-7-13-21(14-8-17)28-16-22-25-26-23(27(22)20-5-3-2-4-6-20)29-15-18-9-11-19(24)12-10-18/h2-14H,15-16H2,1H3. The van der Waals surface area contributed by atoms with Gasteiger partial charge in [-0.25, -0.2) is 4.39 Å². The van der Waals surface area contributed by atoms with Gasteiger partial charge in [-0.05, 0) is 48.9 Å². The number of halogens is 1. The summed E-state index contributed by atoms with van der Waals surface area (Å²) in [5.74, 6) is 2.11. The monoisotopic (exact) mass is 421 g/mol. The number of hydrogen-bond donors (Lipinski definition) is 0. The van der Waals surface area contributed by atoms with Crippen LogP contribution in [0.3, 0.4) is 0 Å². The van der Waals surface area contributed by atoms with Gasteiger partial charge in [0.2, 0.25) is 0 Å². The van der Waals surface area contributed by atoms with E-state index in [1.54, 1.807) is 35.7 Å². The fraction of sp³-hybridized carbons (Fsp3) is 0.130. The van der Waals surface area contributed by atoms with Crippen molar-refractivity contribution >= 4 is 23.5 Å². The zero-order valence-corrected chi connectivity index (χ0v) is 17.6. The average Bonchev–Trinajstić information content (AvgIpc) is 3.16. The molecule has 0 radical (unpaired) electrons. The van der Waals surface area contributed by atoms with Crippen molar-refractivity contribution < 1.29 is 4.39 Å². The highest BCUT2D eigenvalue weighted by Crippen LogP contribution is 2.29. The Morgan fingerprint density at radius 3 is 2.24 bits per heavy atom. The molecular weight excluding hydrogens is 401 g/mol. The maximum atomic E-state index is 13.1. The average molecular weight is 422 g/mol. The second kappa shape index (κ2) is 9.29. The van der Waals surface area contributed by atoms with E-state index in [0.717, 1.165) is 28.0 Å². The van der Waals surface area contributed by atoms with E-state index in [9.17, 15) is 4.39 Å². The first-order chi connectivity index (χ1) is 14.2. The number of thioether (sulfide) groups is 2. The Hall–Kier alpha value is -2.57. The topological polar surface area (TPSA) is 30.7 Å². The third kappa shape index (κ3) is 5.08. The van der Waals surface area contributed by atoms with Crippen LogP contribution in [-0.4, -0.2) is 14.8 Å². The molecule has 146 valence electrons. The Balaban J connectivity index is 1.56. The molecule has 0 aliphatic heterocycles. The minimum atomic E-state index is -0.221. The Morgan fingerprint density at radius 2 is 1.52 bits per heavy atom. The first-order valence-corrected chi connectivity index (χ1v) is 11.2. The highest BCUT2D eigenvalue weighted by molar-refractivity contribution is 7.98. The maximum absolute atomic E-state index is 13.1. The lowest BCUT2D eigenvalue weighted by atomic mass is 10.2. The van der Waals surface area contributed by atoms with Gasteiger partial charge in [0.25, 0.3) is 0 Å². The third-order valence-corrected chi connectivity index (χ3v) is 6.39. The number of rotatable bonds is 7.